The number of nitro groups is 1. The summed E-state index contributed by atoms with van der Waals surface area (Å²) in [6, 6.07) is 11.3. The summed E-state index contributed by atoms with van der Waals surface area (Å²) in [7, 11) is 0. The topological polar surface area (TPSA) is 101 Å². The minimum absolute atomic E-state index is 0.147. The predicted molar refractivity (Wildman–Crippen MR) is 98.1 cm³/mol. The minimum Gasteiger partial charge on any atom is -0.333 e. The SMILES string of the molecule is C[C@H](Sc1nc2ccc(Cl)cc2[nH]1)C(=O)Nc1ccccc1[N+](=O)[O-]. The van der Waals surface area contributed by atoms with E-state index in [9.17, 15) is 14.9 Å². The van der Waals surface area contributed by atoms with Crippen LogP contribution in [-0.4, -0.2) is 26.0 Å². The molecule has 3 rings (SSSR count). The van der Waals surface area contributed by atoms with E-state index >= 15 is 0 Å². The number of thioether (sulfide) groups is 1. The van der Waals surface area contributed by atoms with Gasteiger partial charge in [0.1, 0.15) is 5.69 Å². The van der Waals surface area contributed by atoms with E-state index in [1.165, 1.54) is 23.9 Å². The molecule has 1 amide bonds. The highest BCUT2D eigenvalue weighted by atomic mass is 35.5. The van der Waals surface area contributed by atoms with Gasteiger partial charge in [-0.1, -0.05) is 35.5 Å². The van der Waals surface area contributed by atoms with Crippen LogP contribution in [-0.2, 0) is 4.79 Å². The van der Waals surface area contributed by atoms with E-state index < -0.39 is 10.2 Å². The molecule has 0 fully saturated rings. The van der Waals surface area contributed by atoms with Crippen molar-refractivity contribution in [3.05, 3.63) is 57.6 Å². The number of halogens is 1. The van der Waals surface area contributed by atoms with Crippen molar-refractivity contribution in [3.8, 4) is 0 Å². The van der Waals surface area contributed by atoms with Crippen molar-refractivity contribution in [1.29, 1.82) is 0 Å². The van der Waals surface area contributed by atoms with Gasteiger partial charge in [0.05, 0.1) is 21.2 Å². The molecule has 1 aromatic heterocycles. The van der Waals surface area contributed by atoms with Crippen LogP contribution in [0.15, 0.2) is 47.6 Å². The number of H-pyrrole nitrogens is 1. The first-order chi connectivity index (χ1) is 11.9. The fourth-order valence-corrected chi connectivity index (χ4v) is 3.20. The lowest BCUT2D eigenvalue weighted by Gasteiger charge is -2.10. The Morgan fingerprint density at radius 2 is 2.12 bits per heavy atom. The van der Waals surface area contributed by atoms with E-state index in [0.717, 1.165) is 11.0 Å². The van der Waals surface area contributed by atoms with Gasteiger partial charge in [0, 0.05) is 11.1 Å². The number of nitrogens with one attached hydrogen (secondary N) is 2. The molecule has 2 aromatic carbocycles. The maximum Gasteiger partial charge on any atom is 0.292 e. The summed E-state index contributed by atoms with van der Waals surface area (Å²) < 4.78 is 0. The number of nitrogens with zero attached hydrogens (tertiary/aromatic N) is 2. The molecule has 128 valence electrons. The maximum absolute atomic E-state index is 12.3. The van der Waals surface area contributed by atoms with Crippen molar-refractivity contribution in [3.63, 3.8) is 0 Å². The van der Waals surface area contributed by atoms with Gasteiger partial charge in [-0.05, 0) is 31.2 Å². The fraction of sp³-hybridized carbons (Fsp3) is 0.125. The summed E-state index contributed by atoms with van der Waals surface area (Å²) in [4.78, 5) is 30.3. The molecule has 3 aromatic rings. The molecule has 0 unspecified atom stereocenters. The Morgan fingerprint density at radius 1 is 1.36 bits per heavy atom. The lowest BCUT2D eigenvalue weighted by atomic mass is 10.2. The molecule has 1 heterocycles. The molecule has 1 atom stereocenters. The molecule has 0 aliphatic carbocycles. The zero-order valence-electron chi connectivity index (χ0n) is 13.0. The number of hydrogen-bond acceptors (Lipinski definition) is 5. The first-order valence-electron chi connectivity index (χ1n) is 7.30. The lowest BCUT2D eigenvalue weighted by molar-refractivity contribution is -0.383. The summed E-state index contributed by atoms with van der Waals surface area (Å²) in [5.74, 6) is -0.349. The second kappa shape index (κ2) is 7.12. The van der Waals surface area contributed by atoms with Crippen molar-refractivity contribution >= 4 is 51.7 Å². The van der Waals surface area contributed by atoms with Gasteiger partial charge < -0.3 is 10.3 Å². The second-order valence-corrected chi connectivity index (χ2v) is 6.99. The molecule has 25 heavy (non-hydrogen) atoms. The Hall–Kier alpha value is -2.58. The van der Waals surface area contributed by atoms with E-state index in [2.05, 4.69) is 15.3 Å². The van der Waals surface area contributed by atoms with Crippen LogP contribution in [0.3, 0.4) is 0 Å². The van der Waals surface area contributed by atoms with Crippen LogP contribution in [0.25, 0.3) is 11.0 Å². The van der Waals surface area contributed by atoms with Crippen LogP contribution < -0.4 is 5.32 Å². The van der Waals surface area contributed by atoms with Gasteiger partial charge in [-0.2, -0.15) is 0 Å². The molecule has 9 heteroatoms. The van der Waals surface area contributed by atoms with Crippen molar-refractivity contribution in [2.45, 2.75) is 17.3 Å². The van der Waals surface area contributed by atoms with Crippen LogP contribution in [0, 0.1) is 10.1 Å². The molecule has 0 aliphatic heterocycles. The largest absolute Gasteiger partial charge is 0.333 e. The third-order valence-corrected chi connectivity index (χ3v) is 4.66. The van der Waals surface area contributed by atoms with Crippen LogP contribution in [0.1, 0.15) is 6.92 Å². The smallest absolute Gasteiger partial charge is 0.292 e. The highest BCUT2D eigenvalue weighted by molar-refractivity contribution is 8.00. The van der Waals surface area contributed by atoms with E-state index in [1.807, 2.05) is 0 Å². The third-order valence-electron chi connectivity index (χ3n) is 3.44. The van der Waals surface area contributed by atoms with Crippen LogP contribution in [0.4, 0.5) is 11.4 Å². The zero-order chi connectivity index (χ0) is 18.0. The Labute approximate surface area is 151 Å². The maximum atomic E-state index is 12.3. The quantitative estimate of drug-likeness (QED) is 0.394. The Bertz CT molecular complexity index is 959. The van der Waals surface area contributed by atoms with Gasteiger partial charge in [-0.15, -0.1) is 0 Å². The number of para-hydroxylation sites is 2. The summed E-state index contributed by atoms with van der Waals surface area (Å²) >= 11 is 7.17. The Balaban J connectivity index is 1.73. The number of carbonyl (C=O) groups excluding carboxylic acids is 1. The van der Waals surface area contributed by atoms with Crippen molar-refractivity contribution in [2.75, 3.05) is 5.32 Å². The summed E-state index contributed by atoms with van der Waals surface area (Å²) in [5, 5.41) is 14.3. The van der Waals surface area contributed by atoms with Gasteiger partial charge in [-0.3, -0.25) is 14.9 Å². The number of anilines is 1. The van der Waals surface area contributed by atoms with Gasteiger partial charge in [0.25, 0.3) is 5.69 Å². The molecule has 2 N–H and O–H groups in total. The summed E-state index contributed by atoms with van der Waals surface area (Å²) in [6.07, 6.45) is 0. The summed E-state index contributed by atoms with van der Waals surface area (Å²) in [5.41, 5.74) is 1.55. The number of aromatic amines is 1. The van der Waals surface area contributed by atoms with Crippen molar-refractivity contribution in [1.82, 2.24) is 9.97 Å². The number of rotatable bonds is 5. The molecule has 0 bridgehead atoms. The monoisotopic (exact) mass is 376 g/mol. The molecular formula is C16H13ClN4O3S. The van der Waals surface area contributed by atoms with E-state index in [0.29, 0.717) is 10.2 Å². The van der Waals surface area contributed by atoms with E-state index in [-0.39, 0.29) is 17.3 Å². The molecule has 0 aliphatic rings. The normalized spacial score (nSPS) is 12.1. The fourth-order valence-electron chi connectivity index (χ4n) is 2.21. The minimum atomic E-state index is -0.531. The highest BCUT2D eigenvalue weighted by Crippen LogP contribution is 2.27. The number of hydrogen-bond donors (Lipinski definition) is 2. The molecule has 0 saturated carbocycles. The molecular weight excluding hydrogens is 364 g/mol. The average Bonchev–Trinajstić information content (AvgIpc) is 2.96. The standard InChI is InChI=1S/C16H13ClN4O3S/c1-9(15(22)18-12-4-2-3-5-14(12)21(23)24)25-16-19-11-7-6-10(17)8-13(11)20-16/h2-9H,1H3,(H,18,22)(H,19,20)/t9-/m0/s1. The van der Waals surface area contributed by atoms with Crippen molar-refractivity contribution in [2.24, 2.45) is 0 Å². The molecule has 0 spiro atoms. The third kappa shape index (κ3) is 3.92. The van der Waals surface area contributed by atoms with Crippen LogP contribution in [0.2, 0.25) is 5.02 Å². The van der Waals surface area contributed by atoms with Gasteiger partial charge in [-0.25, -0.2) is 4.98 Å². The van der Waals surface area contributed by atoms with Crippen LogP contribution in [0.5, 0.6) is 0 Å². The van der Waals surface area contributed by atoms with Crippen LogP contribution >= 0.6 is 23.4 Å². The zero-order valence-corrected chi connectivity index (χ0v) is 14.6. The lowest BCUT2D eigenvalue weighted by Crippen LogP contribution is -2.23. The number of benzene rings is 2. The number of imidazole rings is 1. The first-order valence-corrected chi connectivity index (χ1v) is 8.56. The number of aromatic nitrogens is 2. The number of nitro benzene ring substituents is 1. The Morgan fingerprint density at radius 3 is 2.88 bits per heavy atom. The summed E-state index contributed by atoms with van der Waals surface area (Å²) in [6.45, 7) is 1.70. The number of amides is 1. The Kier molecular flexibility index (Phi) is 4.91. The van der Waals surface area contributed by atoms with Crippen molar-refractivity contribution < 1.29 is 9.72 Å². The number of fused-ring (bicyclic) bond motifs is 1. The molecule has 0 radical (unpaired) electrons. The van der Waals surface area contributed by atoms with E-state index in [4.69, 9.17) is 11.6 Å². The first kappa shape index (κ1) is 17.2. The number of carbonyl (C=O) groups is 1. The molecule has 0 saturated heterocycles. The van der Waals surface area contributed by atoms with Gasteiger partial charge in [0.15, 0.2) is 5.16 Å². The van der Waals surface area contributed by atoms with Gasteiger partial charge in [0.2, 0.25) is 5.91 Å². The predicted octanol–water partition coefficient (Wildman–Crippen LogP) is 4.24. The molecule has 7 nitrogen and oxygen atoms in total. The highest BCUT2D eigenvalue weighted by Gasteiger charge is 2.20. The average molecular weight is 377 g/mol. The van der Waals surface area contributed by atoms with E-state index in [1.54, 1.807) is 37.3 Å². The second-order valence-electron chi connectivity index (χ2n) is 5.23. The van der Waals surface area contributed by atoms with Gasteiger partial charge >= 0.3 is 0 Å².